The van der Waals surface area contributed by atoms with Gasteiger partial charge < -0.3 is 9.45 Å². The van der Waals surface area contributed by atoms with Gasteiger partial charge in [0.05, 0.1) is 5.75 Å². The predicted molar refractivity (Wildman–Crippen MR) is 218 cm³/mol. The molecule has 0 radical (unpaired) electrons. The minimum absolute atomic E-state index is 0. The largest absolute Gasteiger partial charge is 1.00 e. The van der Waals surface area contributed by atoms with Gasteiger partial charge in [-0.15, -0.1) is 0 Å². The zero-order chi connectivity index (χ0) is 35.0. The van der Waals surface area contributed by atoms with E-state index in [-0.39, 0.29) is 35.3 Å². The normalized spacial score (nSPS) is 16.8. The summed E-state index contributed by atoms with van der Waals surface area (Å²) in [6, 6.07) is 50.4. The number of anilines is 2. The number of nitrogens with zero attached hydrogens (tertiary/aromatic N) is 2. The molecule has 0 spiro atoms. The molecule has 0 N–H and O–H groups in total. The molecule has 2 heterocycles. The van der Waals surface area contributed by atoms with Crippen LogP contribution in [0.4, 0.5) is 11.4 Å². The number of fused-ring (bicyclic) bond motifs is 6. The molecular formula is C46H38N2NaO2S2+. The Morgan fingerprint density at radius 3 is 2.23 bits per heavy atom. The zero-order valence-corrected chi connectivity index (χ0v) is 33.4. The fraction of sp³-hybridized carbons (Fsp3) is 0.152. The number of hydrogen-bond acceptors (Lipinski definition) is 4. The SMILES string of the molecule is O=S([O-])CC[n+]1c(/C=C/c2ccc3c(c2)C2CCCC2N3c2ccc(C=C(c3ccccc3)c3ccccc3)cc2)sc2c3ccccc3ccc21.[Na+]. The molecule has 4 nitrogen and oxygen atoms in total. The molecule has 3 unspecified atom stereocenters. The first-order valence-corrected chi connectivity index (χ1v) is 20.1. The molecular weight excluding hydrogens is 700 g/mol. The minimum Gasteiger partial charge on any atom is -0.772 e. The molecule has 6 aromatic carbocycles. The molecule has 0 amide bonds. The van der Waals surface area contributed by atoms with E-state index >= 15 is 0 Å². The van der Waals surface area contributed by atoms with Gasteiger partial charge in [0, 0.05) is 40.9 Å². The molecule has 7 aromatic rings. The topological polar surface area (TPSA) is 47.2 Å². The fourth-order valence-corrected chi connectivity index (χ4v) is 9.85. The number of hydrogen-bond donors (Lipinski definition) is 0. The van der Waals surface area contributed by atoms with Crippen molar-refractivity contribution in [2.75, 3.05) is 10.7 Å². The van der Waals surface area contributed by atoms with Crippen molar-refractivity contribution >= 4 is 78.6 Å². The van der Waals surface area contributed by atoms with Crippen molar-refractivity contribution in [2.45, 2.75) is 37.8 Å². The Hall–Kier alpha value is -4.14. The smallest absolute Gasteiger partial charge is 0.772 e. The quantitative estimate of drug-likeness (QED) is 0.0659. The van der Waals surface area contributed by atoms with Gasteiger partial charge in [-0.25, -0.2) is 0 Å². The van der Waals surface area contributed by atoms with Gasteiger partial charge in [-0.05, 0) is 105 Å². The zero-order valence-electron chi connectivity index (χ0n) is 29.7. The fourth-order valence-electron chi connectivity index (χ4n) is 8.30. The summed E-state index contributed by atoms with van der Waals surface area (Å²) in [7, 11) is 0. The first-order valence-electron chi connectivity index (χ1n) is 18.0. The van der Waals surface area contributed by atoms with E-state index in [4.69, 9.17) is 0 Å². The number of rotatable bonds is 9. The second-order valence-corrected chi connectivity index (χ2v) is 15.8. The van der Waals surface area contributed by atoms with Crippen LogP contribution < -0.4 is 39.0 Å². The molecule has 1 fully saturated rings. The molecule has 0 bridgehead atoms. The summed E-state index contributed by atoms with van der Waals surface area (Å²) in [5.41, 5.74) is 11.0. The summed E-state index contributed by atoms with van der Waals surface area (Å²) in [6.07, 6.45) is 10.3. The Morgan fingerprint density at radius 1 is 0.792 bits per heavy atom. The van der Waals surface area contributed by atoms with Crippen LogP contribution in [0.1, 0.15) is 58.0 Å². The van der Waals surface area contributed by atoms with Gasteiger partial charge in [-0.2, -0.15) is 4.57 Å². The minimum atomic E-state index is -2.11. The first-order chi connectivity index (χ1) is 25.6. The van der Waals surface area contributed by atoms with Gasteiger partial charge in [-0.3, -0.25) is 4.21 Å². The Bertz CT molecular complexity index is 2450. The average Bonchev–Trinajstić information content (AvgIpc) is 3.89. The summed E-state index contributed by atoms with van der Waals surface area (Å²) in [5, 5.41) is 3.44. The third kappa shape index (κ3) is 7.12. The summed E-state index contributed by atoms with van der Waals surface area (Å²) >= 11 is -0.381. The summed E-state index contributed by atoms with van der Waals surface area (Å²) in [5.74, 6) is 0.596. The van der Waals surface area contributed by atoms with E-state index < -0.39 is 11.1 Å². The maximum absolute atomic E-state index is 11.6. The van der Waals surface area contributed by atoms with Gasteiger partial charge in [0.15, 0.2) is 6.54 Å². The van der Waals surface area contributed by atoms with Crippen LogP contribution in [0.3, 0.4) is 0 Å². The van der Waals surface area contributed by atoms with Crippen molar-refractivity contribution in [1.29, 1.82) is 0 Å². The van der Waals surface area contributed by atoms with E-state index in [0.717, 1.165) is 10.5 Å². The monoisotopic (exact) mass is 737 g/mol. The molecule has 2 aliphatic rings. The van der Waals surface area contributed by atoms with Crippen LogP contribution in [0.25, 0.3) is 44.8 Å². The van der Waals surface area contributed by atoms with E-state index in [1.807, 2.05) is 0 Å². The Kier molecular flexibility index (Phi) is 10.6. The van der Waals surface area contributed by atoms with Crippen LogP contribution >= 0.6 is 11.3 Å². The summed E-state index contributed by atoms with van der Waals surface area (Å²) in [4.78, 5) is 2.58. The number of benzene rings is 6. The molecule has 1 aliphatic heterocycles. The van der Waals surface area contributed by atoms with Crippen LogP contribution in [-0.4, -0.2) is 20.6 Å². The maximum Gasteiger partial charge on any atom is 1.00 e. The molecule has 7 heteroatoms. The number of aryl methyl sites for hydroxylation is 1. The van der Waals surface area contributed by atoms with E-state index in [9.17, 15) is 8.76 Å². The molecule has 0 saturated heterocycles. The van der Waals surface area contributed by atoms with E-state index in [2.05, 4.69) is 167 Å². The van der Waals surface area contributed by atoms with Crippen molar-refractivity contribution < 1.29 is 42.9 Å². The number of thiazole rings is 1. The van der Waals surface area contributed by atoms with Crippen LogP contribution in [0.15, 0.2) is 140 Å². The third-order valence-electron chi connectivity index (χ3n) is 10.7. The van der Waals surface area contributed by atoms with Crippen LogP contribution in [0.5, 0.6) is 0 Å². The van der Waals surface area contributed by atoms with Crippen LogP contribution in [-0.2, 0) is 17.6 Å². The van der Waals surface area contributed by atoms with Crippen molar-refractivity contribution in [2.24, 2.45) is 0 Å². The van der Waals surface area contributed by atoms with Gasteiger partial charge >= 0.3 is 29.6 Å². The van der Waals surface area contributed by atoms with Crippen LogP contribution in [0, 0.1) is 0 Å². The standard InChI is InChI=1S/C46H38N2O2S2.Na/c49-52(50)29-28-47-44-26-22-36-14-7-8-15-38(36)46(44)51-45(47)27-21-33-20-25-43-41(31-33)39-16-9-17-42(39)48(43)37-23-18-32(19-24-37)30-40(34-10-3-1-4-11-34)35-12-5-2-6-13-35;/h1-8,10-15,18-27,30-31,39,42H,9,16-17,28-29H2;/q;+1. The first kappa shape index (κ1) is 35.9. The third-order valence-corrected chi connectivity index (χ3v) is 12.4. The molecule has 53 heavy (non-hydrogen) atoms. The van der Waals surface area contributed by atoms with Gasteiger partial charge in [0.1, 0.15) is 4.70 Å². The van der Waals surface area contributed by atoms with Gasteiger partial charge in [0.25, 0.3) is 5.01 Å². The van der Waals surface area contributed by atoms with Crippen LogP contribution in [0.2, 0.25) is 0 Å². The Labute approximate surface area is 339 Å². The van der Waals surface area contributed by atoms with Crippen molar-refractivity contribution in [1.82, 2.24) is 0 Å². The molecule has 3 atom stereocenters. The van der Waals surface area contributed by atoms with Gasteiger partial charge in [-0.1, -0.05) is 121 Å². The van der Waals surface area contributed by atoms with Gasteiger partial charge in [0.2, 0.25) is 5.52 Å². The predicted octanol–water partition coefficient (Wildman–Crippen LogP) is 7.77. The Balaban J connectivity index is 0.00000400. The molecule has 256 valence electrons. The Morgan fingerprint density at radius 2 is 1.49 bits per heavy atom. The molecule has 1 saturated carbocycles. The van der Waals surface area contributed by atoms with Crippen molar-refractivity contribution in [3.63, 3.8) is 0 Å². The van der Waals surface area contributed by atoms with E-state index in [0.29, 0.717) is 18.5 Å². The second-order valence-electron chi connectivity index (χ2n) is 13.7. The van der Waals surface area contributed by atoms with Crippen molar-refractivity contribution in [3.05, 3.63) is 172 Å². The average molecular weight is 738 g/mol. The number of aromatic nitrogens is 1. The van der Waals surface area contributed by atoms with E-state index in [1.165, 1.54) is 79.5 Å². The molecule has 1 aliphatic carbocycles. The second kappa shape index (κ2) is 15.7. The molecule has 1 aromatic heterocycles. The summed E-state index contributed by atoms with van der Waals surface area (Å²) in [6.45, 7) is 0.422. The van der Waals surface area contributed by atoms with Crippen molar-refractivity contribution in [3.8, 4) is 0 Å². The molecule has 9 rings (SSSR count). The summed E-state index contributed by atoms with van der Waals surface area (Å²) < 4.78 is 26.5. The maximum atomic E-state index is 11.6. The van der Waals surface area contributed by atoms with E-state index in [1.54, 1.807) is 11.3 Å².